The van der Waals surface area contributed by atoms with Crippen LogP contribution in [0.25, 0.3) is 0 Å². The lowest BCUT2D eigenvalue weighted by Crippen LogP contribution is -2.43. The van der Waals surface area contributed by atoms with E-state index < -0.39 is 10.0 Å². The first-order valence-electron chi connectivity index (χ1n) is 9.35. The monoisotopic (exact) mass is 362 g/mol. The quantitative estimate of drug-likeness (QED) is 0.825. The van der Waals surface area contributed by atoms with Crippen LogP contribution in [0.4, 0.5) is 0 Å². The van der Waals surface area contributed by atoms with E-state index in [2.05, 4.69) is 0 Å². The second kappa shape index (κ2) is 6.40. The maximum absolute atomic E-state index is 12.9. The van der Waals surface area contributed by atoms with Crippen LogP contribution in [-0.4, -0.2) is 49.7 Å². The Morgan fingerprint density at radius 1 is 1.08 bits per heavy atom. The van der Waals surface area contributed by atoms with E-state index in [-0.39, 0.29) is 11.8 Å². The van der Waals surface area contributed by atoms with Crippen molar-refractivity contribution in [1.82, 2.24) is 9.21 Å². The molecule has 1 saturated carbocycles. The summed E-state index contributed by atoms with van der Waals surface area (Å²) in [5, 5.41) is 0. The third kappa shape index (κ3) is 3.22. The van der Waals surface area contributed by atoms with E-state index in [1.807, 2.05) is 24.1 Å². The minimum atomic E-state index is -3.45. The Hall–Kier alpha value is -1.40. The number of rotatable bonds is 4. The molecule has 2 aliphatic carbocycles. The van der Waals surface area contributed by atoms with Gasteiger partial charge >= 0.3 is 0 Å². The van der Waals surface area contributed by atoms with Crippen LogP contribution in [0.1, 0.15) is 43.2 Å². The minimum absolute atomic E-state index is 0.0305. The fourth-order valence-corrected chi connectivity index (χ4v) is 5.65. The molecule has 0 N–H and O–H groups in total. The Morgan fingerprint density at radius 2 is 1.76 bits per heavy atom. The summed E-state index contributed by atoms with van der Waals surface area (Å²) in [5.74, 6) is 0.161. The molecule has 1 amide bonds. The molecule has 0 unspecified atom stereocenters. The Balaban J connectivity index is 1.43. The highest BCUT2D eigenvalue weighted by Crippen LogP contribution is 2.31. The van der Waals surface area contributed by atoms with E-state index >= 15 is 0 Å². The first kappa shape index (κ1) is 17.0. The summed E-state index contributed by atoms with van der Waals surface area (Å²) in [4.78, 5) is 14.8. The molecule has 4 rings (SSSR count). The molecule has 1 heterocycles. The van der Waals surface area contributed by atoms with Crippen molar-refractivity contribution in [3.8, 4) is 0 Å². The number of carbonyl (C=O) groups excluding carboxylic acids is 1. The zero-order chi connectivity index (χ0) is 17.6. The number of hydrogen-bond donors (Lipinski definition) is 0. The minimum Gasteiger partial charge on any atom is -0.343 e. The van der Waals surface area contributed by atoms with Gasteiger partial charge in [0.15, 0.2) is 0 Å². The maximum Gasteiger partial charge on any atom is 0.243 e. The highest BCUT2D eigenvalue weighted by Gasteiger charge is 2.37. The van der Waals surface area contributed by atoms with Gasteiger partial charge in [-0.25, -0.2) is 8.42 Å². The molecular formula is C19H26N2O3S. The Labute approximate surface area is 150 Å². The molecule has 3 aliphatic rings. The molecule has 0 aromatic heterocycles. The molecule has 0 spiro atoms. The SMILES string of the molecule is CN(C(=O)C1CCN(S(=O)(=O)c2ccc3c(c2)CCC3)CC1)C1CC1. The van der Waals surface area contributed by atoms with Crippen LogP contribution in [0.3, 0.4) is 0 Å². The Bertz CT molecular complexity index is 778. The lowest BCUT2D eigenvalue weighted by Gasteiger charge is -2.32. The van der Waals surface area contributed by atoms with Gasteiger partial charge in [-0.15, -0.1) is 0 Å². The second-order valence-corrected chi connectivity index (χ2v) is 9.58. The first-order valence-corrected chi connectivity index (χ1v) is 10.8. The molecule has 0 radical (unpaired) electrons. The number of piperidine rings is 1. The van der Waals surface area contributed by atoms with E-state index in [1.165, 1.54) is 11.1 Å². The standard InChI is InChI=1S/C19H26N2O3S/c1-20(17-6-7-17)19(22)15-9-11-21(12-10-15)25(23,24)18-8-5-14-3-2-4-16(14)13-18/h5,8,13,15,17H,2-4,6-7,9-12H2,1H3. The summed E-state index contributed by atoms with van der Waals surface area (Å²) >= 11 is 0. The smallest absolute Gasteiger partial charge is 0.243 e. The van der Waals surface area contributed by atoms with Gasteiger partial charge in [0.2, 0.25) is 15.9 Å². The molecule has 2 fully saturated rings. The van der Waals surface area contributed by atoms with Gasteiger partial charge in [0.1, 0.15) is 0 Å². The number of aryl methyl sites for hydroxylation is 2. The van der Waals surface area contributed by atoms with Gasteiger partial charge < -0.3 is 4.90 Å². The molecular weight excluding hydrogens is 336 g/mol. The van der Waals surface area contributed by atoms with Crippen molar-refractivity contribution in [2.24, 2.45) is 5.92 Å². The summed E-state index contributed by atoms with van der Waals surface area (Å²) in [6.07, 6.45) is 6.60. The molecule has 0 bridgehead atoms. The lowest BCUT2D eigenvalue weighted by molar-refractivity contribution is -0.135. The zero-order valence-electron chi connectivity index (χ0n) is 14.8. The molecule has 1 aromatic carbocycles. The molecule has 136 valence electrons. The summed E-state index contributed by atoms with van der Waals surface area (Å²) in [5.41, 5.74) is 2.46. The maximum atomic E-state index is 12.9. The van der Waals surface area contributed by atoms with Crippen LogP contribution in [0, 0.1) is 5.92 Å². The lowest BCUT2D eigenvalue weighted by atomic mass is 9.96. The van der Waals surface area contributed by atoms with Gasteiger partial charge in [0.05, 0.1) is 4.90 Å². The number of amides is 1. The molecule has 1 saturated heterocycles. The highest BCUT2D eigenvalue weighted by molar-refractivity contribution is 7.89. The Kier molecular flexibility index (Phi) is 4.36. The third-order valence-corrected chi connectivity index (χ3v) is 7.85. The summed E-state index contributed by atoms with van der Waals surface area (Å²) in [7, 11) is -1.57. The average molecular weight is 362 g/mol. The first-order chi connectivity index (χ1) is 12.0. The van der Waals surface area contributed by atoms with Crippen molar-refractivity contribution in [2.45, 2.75) is 55.9 Å². The largest absolute Gasteiger partial charge is 0.343 e. The molecule has 6 heteroatoms. The fraction of sp³-hybridized carbons (Fsp3) is 0.632. The number of fused-ring (bicyclic) bond motifs is 1. The van der Waals surface area contributed by atoms with Gasteiger partial charge in [-0.05, 0) is 68.2 Å². The predicted octanol–water partition coefficient (Wildman–Crippen LogP) is 2.20. The van der Waals surface area contributed by atoms with Crippen LogP contribution in [0.2, 0.25) is 0 Å². The normalized spacial score (nSPS) is 22.0. The van der Waals surface area contributed by atoms with Gasteiger partial charge in [-0.3, -0.25) is 4.79 Å². The van der Waals surface area contributed by atoms with Crippen molar-refractivity contribution in [3.63, 3.8) is 0 Å². The number of benzene rings is 1. The third-order valence-electron chi connectivity index (χ3n) is 5.95. The molecule has 5 nitrogen and oxygen atoms in total. The topological polar surface area (TPSA) is 57.7 Å². The molecule has 1 aliphatic heterocycles. The van der Waals surface area contributed by atoms with Crippen LogP contribution < -0.4 is 0 Å². The van der Waals surface area contributed by atoms with Gasteiger partial charge in [-0.1, -0.05) is 6.07 Å². The fourth-order valence-electron chi connectivity index (χ4n) is 4.13. The van der Waals surface area contributed by atoms with Crippen molar-refractivity contribution in [1.29, 1.82) is 0 Å². The van der Waals surface area contributed by atoms with E-state index in [0.29, 0.717) is 36.9 Å². The Morgan fingerprint density at radius 3 is 2.44 bits per heavy atom. The van der Waals surface area contributed by atoms with E-state index in [9.17, 15) is 13.2 Å². The van der Waals surface area contributed by atoms with Crippen LogP contribution in [0.5, 0.6) is 0 Å². The van der Waals surface area contributed by atoms with Crippen molar-refractivity contribution in [3.05, 3.63) is 29.3 Å². The van der Waals surface area contributed by atoms with E-state index in [0.717, 1.165) is 32.1 Å². The number of hydrogen-bond acceptors (Lipinski definition) is 3. The number of nitrogens with zero attached hydrogens (tertiary/aromatic N) is 2. The van der Waals surface area contributed by atoms with Gasteiger partial charge in [0.25, 0.3) is 0 Å². The second-order valence-electron chi connectivity index (χ2n) is 7.64. The average Bonchev–Trinajstić information content (AvgIpc) is 3.37. The number of sulfonamides is 1. The van der Waals surface area contributed by atoms with Crippen molar-refractivity contribution in [2.75, 3.05) is 20.1 Å². The number of carbonyl (C=O) groups is 1. The molecule has 1 aromatic rings. The summed E-state index contributed by atoms with van der Waals surface area (Å²) in [6.45, 7) is 0.878. The van der Waals surface area contributed by atoms with Gasteiger partial charge in [0, 0.05) is 32.1 Å². The molecule has 25 heavy (non-hydrogen) atoms. The van der Waals surface area contributed by atoms with Crippen LogP contribution in [-0.2, 0) is 27.7 Å². The van der Waals surface area contributed by atoms with Gasteiger partial charge in [-0.2, -0.15) is 4.31 Å². The highest BCUT2D eigenvalue weighted by atomic mass is 32.2. The van der Waals surface area contributed by atoms with Crippen molar-refractivity contribution < 1.29 is 13.2 Å². The summed E-state index contributed by atoms with van der Waals surface area (Å²) in [6, 6.07) is 5.99. The predicted molar refractivity (Wildman–Crippen MR) is 95.7 cm³/mol. The van der Waals surface area contributed by atoms with Crippen molar-refractivity contribution >= 4 is 15.9 Å². The van der Waals surface area contributed by atoms with E-state index in [1.54, 1.807) is 10.4 Å². The zero-order valence-corrected chi connectivity index (χ0v) is 15.6. The van der Waals surface area contributed by atoms with Crippen LogP contribution >= 0.6 is 0 Å². The van der Waals surface area contributed by atoms with Crippen LogP contribution in [0.15, 0.2) is 23.1 Å². The van der Waals surface area contributed by atoms with E-state index in [4.69, 9.17) is 0 Å². The molecule has 0 atom stereocenters. The summed E-state index contributed by atoms with van der Waals surface area (Å²) < 4.78 is 27.5.